The van der Waals surface area contributed by atoms with Crippen molar-refractivity contribution in [3.63, 3.8) is 0 Å². The molecule has 0 saturated heterocycles. The highest BCUT2D eigenvalue weighted by Crippen LogP contribution is 2.13. The molecule has 122 valence electrons. The van der Waals surface area contributed by atoms with E-state index in [1.807, 2.05) is 0 Å². The van der Waals surface area contributed by atoms with E-state index in [0.717, 1.165) is 19.3 Å². The number of aliphatic hydroxyl groups is 1. The van der Waals surface area contributed by atoms with Gasteiger partial charge in [-0.3, -0.25) is 4.39 Å². The molecular weight excluding hydrogens is 251 g/mol. The highest BCUT2D eigenvalue weighted by Gasteiger charge is 1.94. The van der Waals surface area contributed by atoms with Gasteiger partial charge < -0.3 is 5.11 Å². The number of halogens is 1. The molecule has 0 radical (unpaired) electrons. The molecule has 0 bridgehead atoms. The fourth-order valence-electron chi connectivity index (χ4n) is 2.68. The van der Waals surface area contributed by atoms with E-state index in [1.54, 1.807) is 0 Å². The lowest BCUT2D eigenvalue weighted by Gasteiger charge is -2.03. The van der Waals surface area contributed by atoms with Crippen molar-refractivity contribution in [3.8, 4) is 0 Å². The number of hydrogen-bond donors (Lipinski definition) is 1. The van der Waals surface area contributed by atoms with Gasteiger partial charge in [-0.25, -0.2) is 0 Å². The highest BCUT2D eigenvalue weighted by atomic mass is 19.1. The first-order chi connectivity index (χ1) is 9.91. The molecule has 0 amide bonds. The number of hydrogen-bond acceptors (Lipinski definition) is 1. The lowest BCUT2D eigenvalue weighted by molar-refractivity contribution is 0.282. The molecule has 0 spiro atoms. The summed E-state index contributed by atoms with van der Waals surface area (Å²) in [5.74, 6) is 0. The van der Waals surface area contributed by atoms with Crippen LogP contribution in [0.25, 0.3) is 0 Å². The van der Waals surface area contributed by atoms with E-state index in [4.69, 9.17) is 5.11 Å². The van der Waals surface area contributed by atoms with Crippen molar-refractivity contribution in [1.82, 2.24) is 0 Å². The molecule has 0 aliphatic carbocycles. The molecule has 0 aliphatic heterocycles. The number of alkyl halides is 1. The predicted octanol–water partition coefficient (Wildman–Crippen LogP) is 6.19. The first-order valence-electron chi connectivity index (χ1n) is 9.08. The van der Waals surface area contributed by atoms with Crippen LogP contribution in [0.2, 0.25) is 0 Å². The topological polar surface area (TPSA) is 20.2 Å². The summed E-state index contributed by atoms with van der Waals surface area (Å²) in [5, 5.41) is 8.67. The second-order valence-electron chi connectivity index (χ2n) is 6.07. The molecule has 1 nitrogen and oxygen atoms in total. The molecule has 2 heteroatoms. The molecule has 0 aromatic heterocycles. The zero-order valence-electron chi connectivity index (χ0n) is 13.6. The maximum atomic E-state index is 11.9. The second kappa shape index (κ2) is 18.9. The van der Waals surface area contributed by atoms with Crippen LogP contribution in [0.4, 0.5) is 4.39 Å². The van der Waals surface area contributed by atoms with Crippen LogP contribution in [-0.4, -0.2) is 18.4 Å². The molecular formula is C18H37FO. The van der Waals surface area contributed by atoms with Gasteiger partial charge in [0.25, 0.3) is 0 Å². The van der Waals surface area contributed by atoms with Gasteiger partial charge in [-0.15, -0.1) is 0 Å². The summed E-state index contributed by atoms with van der Waals surface area (Å²) in [4.78, 5) is 0. The van der Waals surface area contributed by atoms with Gasteiger partial charge in [-0.1, -0.05) is 89.9 Å². The molecule has 0 heterocycles. The molecule has 0 atom stereocenters. The van der Waals surface area contributed by atoms with E-state index in [-0.39, 0.29) is 6.67 Å². The van der Waals surface area contributed by atoms with E-state index in [0.29, 0.717) is 6.61 Å². The number of rotatable bonds is 17. The maximum absolute atomic E-state index is 11.9. The zero-order valence-corrected chi connectivity index (χ0v) is 13.6. The summed E-state index contributed by atoms with van der Waals surface area (Å²) in [6.45, 7) is 0.220. The lowest BCUT2D eigenvalue weighted by atomic mass is 10.0. The Morgan fingerprint density at radius 1 is 0.400 bits per heavy atom. The summed E-state index contributed by atoms with van der Waals surface area (Å²) in [5.41, 5.74) is 0. The maximum Gasteiger partial charge on any atom is 0.0894 e. The van der Waals surface area contributed by atoms with E-state index < -0.39 is 0 Å². The van der Waals surface area contributed by atoms with Crippen LogP contribution in [0.15, 0.2) is 0 Å². The van der Waals surface area contributed by atoms with Gasteiger partial charge in [0, 0.05) is 6.61 Å². The Morgan fingerprint density at radius 3 is 0.900 bits per heavy atom. The quantitative estimate of drug-likeness (QED) is 0.316. The summed E-state index contributed by atoms with van der Waals surface area (Å²) < 4.78 is 11.9. The zero-order chi connectivity index (χ0) is 14.7. The minimum absolute atomic E-state index is 0.137. The average Bonchev–Trinajstić information content (AvgIpc) is 2.47. The molecule has 20 heavy (non-hydrogen) atoms. The molecule has 0 aromatic carbocycles. The number of unbranched alkanes of at least 4 members (excludes halogenated alkanes) is 15. The third kappa shape index (κ3) is 17.9. The van der Waals surface area contributed by atoms with Crippen LogP contribution < -0.4 is 0 Å². The van der Waals surface area contributed by atoms with Gasteiger partial charge >= 0.3 is 0 Å². The van der Waals surface area contributed by atoms with Crippen LogP contribution in [0.1, 0.15) is 103 Å². The molecule has 0 aliphatic rings. The van der Waals surface area contributed by atoms with Crippen LogP contribution >= 0.6 is 0 Å². The van der Waals surface area contributed by atoms with Crippen molar-refractivity contribution in [2.75, 3.05) is 13.3 Å². The Bertz CT molecular complexity index is 143. The van der Waals surface area contributed by atoms with Crippen molar-refractivity contribution in [2.24, 2.45) is 0 Å². The van der Waals surface area contributed by atoms with E-state index in [2.05, 4.69) is 0 Å². The van der Waals surface area contributed by atoms with E-state index >= 15 is 0 Å². The van der Waals surface area contributed by atoms with Gasteiger partial charge in [0.2, 0.25) is 0 Å². The summed E-state index contributed by atoms with van der Waals surface area (Å²) in [7, 11) is 0. The largest absolute Gasteiger partial charge is 0.396 e. The second-order valence-corrected chi connectivity index (χ2v) is 6.07. The fraction of sp³-hybridized carbons (Fsp3) is 1.00. The SMILES string of the molecule is OCCCCCCCCCCCCCCCCCCF. The standard InChI is InChI=1S/C18H37FO/c19-17-15-13-11-9-7-5-3-1-2-4-6-8-10-12-14-16-18-20/h20H,1-18H2. The Balaban J connectivity index is 2.89. The molecule has 0 unspecified atom stereocenters. The Labute approximate surface area is 126 Å². The van der Waals surface area contributed by atoms with Crippen LogP contribution in [0, 0.1) is 0 Å². The summed E-state index contributed by atoms with van der Waals surface area (Å²) in [6, 6.07) is 0. The molecule has 0 aromatic rings. The van der Waals surface area contributed by atoms with Gasteiger partial charge in [-0.05, 0) is 12.8 Å². The number of aliphatic hydroxyl groups excluding tert-OH is 1. The van der Waals surface area contributed by atoms with Gasteiger partial charge in [0.15, 0.2) is 0 Å². The molecule has 0 fully saturated rings. The fourth-order valence-corrected chi connectivity index (χ4v) is 2.68. The molecule has 0 saturated carbocycles. The minimum Gasteiger partial charge on any atom is -0.396 e. The Hall–Kier alpha value is -0.110. The molecule has 0 rings (SSSR count). The van der Waals surface area contributed by atoms with Crippen LogP contribution in [0.5, 0.6) is 0 Å². The first-order valence-corrected chi connectivity index (χ1v) is 9.08. The smallest absolute Gasteiger partial charge is 0.0894 e. The predicted molar refractivity (Wildman–Crippen MR) is 86.9 cm³/mol. The van der Waals surface area contributed by atoms with Crippen molar-refractivity contribution < 1.29 is 9.50 Å². The summed E-state index contributed by atoms with van der Waals surface area (Å²) in [6.07, 6.45) is 20.3. The van der Waals surface area contributed by atoms with Crippen LogP contribution in [-0.2, 0) is 0 Å². The monoisotopic (exact) mass is 288 g/mol. The summed E-state index contributed by atoms with van der Waals surface area (Å²) >= 11 is 0. The Kier molecular flexibility index (Phi) is 18.8. The van der Waals surface area contributed by atoms with Crippen molar-refractivity contribution in [2.45, 2.75) is 103 Å². The Morgan fingerprint density at radius 2 is 0.650 bits per heavy atom. The average molecular weight is 288 g/mol. The van der Waals surface area contributed by atoms with E-state index in [1.165, 1.54) is 83.5 Å². The normalized spacial score (nSPS) is 11.1. The van der Waals surface area contributed by atoms with E-state index in [9.17, 15) is 4.39 Å². The third-order valence-corrected chi connectivity index (χ3v) is 4.04. The van der Waals surface area contributed by atoms with Crippen molar-refractivity contribution in [1.29, 1.82) is 0 Å². The van der Waals surface area contributed by atoms with Crippen molar-refractivity contribution in [3.05, 3.63) is 0 Å². The first kappa shape index (κ1) is 19.9. The minimum atomic E-state index is -0.137. The third-order valence-electron chi connectivity index (χ3n) is 4.04. The lowest BCUT2D eigenvalue weighted by Crippen LogP contribution is -1.85. The van der Waals surface area contributed by atoms with Crippen LogP contribution in [0.3, 0.4) is 0 Å². The van der Waals surface area contributed by atoms with Gasteiger partial charge in [0.05, 0.1) is 6.67 Å². The van der Waals surface area contributed by atoms with Gasteiger partial charge in [-0.2, -0.15) is 0 Å². The van der Waals surface area contributed by atoms with Crippen molar-refractivity contribution >= 4 is 0 Å². The molecule has 1 N–H and O–H groups in total. The highest BCUT2D eigenvalue weighted by molar-refractivity contribution is 4.50. The van der Waals surface area contributed by atoms with Gasteiger partial charge in [0.1, 0.15) is 0 Å².